The SMILES string of the molecule is CC1(C)COC(C)(c2ccc(Br)cc2)N1. The van der Waals surface area contributed by atoms with Crippen molar-refractivity contribution in [3.05, 3.63) is 34.3 Å². The van der Waals surface area contributed by atoms with E-state index in [1.807, 2.05) is 12.1 Å². The normalized spacial score (nSPS) is 29.3. The van der Waals surface area contributed by atoms with Crippen molar-refractivity contribution in [2.24, 2.45) is 0 Å². The number of halogens is 1. The van der Waals surface area contributed by atoms with E-state index in [1.165, 1.54) is 0 Å². The highest BCUT2D eigenvalue weighted by molar-refractivity contribution is 9.10. The molecule has 15 heavy (non-hydrogen) atoms. The summed E-state index contributed by atoms with van der Waals surface area (Å²) in [5.41, 5.74) is 0.850. The highest BCUT2D eigenvalue weighted by Gasteiger charge is 2.41. The first-order valence-electron chi connectivity index (χ1n) is 5.11. The topological polar surface area (TPSA) is 21.3 Å². The number of rotatable bonds is 1. The fourth-order valence-electron chi connectivity index (χ4n) is 1.97. The molecule has 1 aliphatic rings. The number of hydrogen-bond acceptors (Lipinski definition) is 2. The van der Waals surface area contributed by atoms with Gasteiger partial charge in [-0.15, -0.1) is 0 Å². The molecule has 2 nitrogen and oxygen atoms in total. The first kappa shape index (κ1) is 11.1. The van der Waals surface area contributed by atoms with Crippen LogP contribution in [-0.2, 0) is 10.5 Å². The van der Waals surface area contributed by atoms with Crippen LogP contribution >= 0.6 is 15.9 Å². The van der Waals surface area contributed by atoms with Crippen molar-refractivity contribution in [3.63, 3.8) is 0 Å². The van der Waals surface area contributed by atoms with E-state index in [9.17, 15) is 0 Å². The van der Waals surface area contributed by atoms with E-state index in [-0.39, 0.29) is 11.3 Å². The van der Waals surface area contributed by atoms with Crippen LogP contribution in [0.2, 0.25) is 0 Å². The predicted octanol–water partition coefficient (Wildman–Crippen LogP) is 3.02. The third-order valence-electron chi connectivity index (χ3n) is 2.69. The van der Waals surface area contributed by atoms with Gasteiger partial charge in [-0.3, -0.25) is 5.32 Å². The Kier molecular flexibility index (Phi) is 2.65. The standard InChI is InChI=1S/C12H16BrNO/c1-11(2)8-15-12(3,14-11)9-4-6-10(13)7-5-9/h4-7,14H,8H2,1-3H3. The van der Waals surface area contributed by atoms with Gasteiger partial charge in [-0.2, -0.15) is 0 Å². The van der Waals surface area contributed by atoms with Crippen LogP contribution < -0.4 is 5.32 Å². The Hall–Kier alpha value is -0.380. The number of benzene rings is 1. The number of nitrogens with one attached hydrogen (secondary N) is 1. The molecule has 2 rings (SSSR count). The van der Waals surface area contributed by atoms with Gasteiger partial charge in [0, 0.05) is 10.0 Å². The monoisotopic (exact) mass is 269 g/mol. The Morgan fingerprint density at radius 1 is 1.20 bits per heavy atom. The van der Waals surface area contributed by atoms with E-state index in [2.05, 4.69) is 54.2 Å². The van der Waals surface area contributed by atoms with Crippen molar-refractivity contribution >= 4 is 15.9 Å². The minimum atomic E-state index is -0.357. The van der Waals surface area contributed by atoms with Crippen molar-refractivity contribution in [2.45, 2.75) is 32.0 Å². The van der Waals surface area contributed by atoms with Crippen LogP contribution in [0.3, 0.4) is 0 Å². The summed E-state index contributed by atoms with van der Waals surface area (Å²) >= 11 is 3.43. The second-order valence-corrected chi connectivity index (χ2v) is 5.75. The molecule has 1 unspecified atom stereocenters. The van der Waals surface area contributed by atoms with Crippen LogP contribution in [-0.4, -0.2) is 12.1 Å². The van der Waals surface area contributed by atoms with E-state index < -0.39 is 0 Å². The average Bonchev–Trinajstić information content (AvgIpc) is 2.43. The van der Waals surface area contributed by atoms with E-state index in [4.69, 9.17) is 4.74 Å². The lowest BCUT2D eigenvalue weighted by Crippen LogP contribution is -2.44. The summed E-state index contributed by atoms with van der Waals surface area (Å²) in [4.78, 5) is 0. The molecular formula is C12H16BrNO. The zero-order valence-electron chi connectivity index (χ0n) is 9.30. The van der Waals surface area contributed by atoms with Gasteiger partial charge in [0.05, 0.1) is 6.61 Å². The maximum absolute atomic E-state index is 5.86. The molecule has 0 amide bonds. The van der Waals surface area contributed by atoms with Gasteiger partial charge < -0.3 is 4.74 Å². The summed E-state index contributed by atoms with van der Waals surface area (Å²) in [6.45, 7) is 7.11. The van der Waals surface area contributed by atoms with Gasteiger partial charge in [-0.05, 0) is 38.5 Å². The molecule has 0 aromatic heterocycles. The molecule has 3 heteroatoms. The van der Waals surface area contributed by atoms with Crippen LogP contribution in [0.15, 0.2) is 28.7 Å². The van der Waals surface area contributed by atoms with Crippen molar-refractivity contribution in [1.82, 2.24) is 5.32 Å². The average molecular weight is 270 g/mol. The Labute approximate surface area is 99.1 Å². The molecule has 1 heterocycles. The quantitative estimate of drug-likeness (QED) is 0.847. The summed E-state index contributed by atoms with van der Waals surface area (Å²) in [6.07, 6.45) is 0. The highest BCUT2D eigenvalue weighted by atomic mass is 79.9. The summed E-state index contributed by atoms with van der Waals surface area (Å²) in [5, 5.41) is 3.50. The molecule has 1 aliphatic heterocycles. The molecule has 1 fully saturated rings. The zero-order chi connectivity index (χ0) is 11.1. The largest absolute Gasteiger partial charge is 0.355 e. The molecule has 1 atom stereocenters. The molecule has 0 bridgehead atoms. The van der Waals surface area contributed by atoms with Crippen LogP contribution in [0.4, 0.5) is 0 Å². The lowest BCUT2D eigenvalue weighted by Gasteiger charge is -2.27. The molecule has 1 aromatic rings. The molecule has 1 saturated heterocycles. The van der Waals surface area contributed by atoms with Gasteiger partial charge in [-0.1, -0.05) is 28.1 Å². The molecule has 82 valence electrons. The zero-order valence-corrected chi connectivity index (χ0v) is 10.9. The van der Waals surface area contributed by atoms with Crippen LogP contribution in [0.1, 0.15) is 26.3 Å². The maximum Gasteiger partial charge on any atom is 0.143 e. The first-order chi connectivity index (χ1) is 6.91. The highest BCUT2D eigenvalue weighted by Crippen LogP contribution is 2.32. The first-order valence-corrected chi connectivity index (χ1v) is 5.90. The smallest absolute Gasteiger partial charge is 0.143 e. The van der Waals surface area contributed by atoms with Crippen LogP contribution in [0.5, 0.6) is 0 Å². The second kappa shape index (κ2) is 3.58. The van der Waals surface area contributed by atoms with E-state index in [0.717, 1.165) is 16.6 Å². The maximum atomic E-state index is 5.86. The minimum absolute atomic E-state index is 0.0435. The van der Waals surface area contributed by atoms with Gasteiger partial charge in [-0.25, -0.2) is 0 Å². The third-order valence-corrected chi connectivity index (χ3v) is 3.22. The van der Waals surface area contributed by atoms with Gasteiger partial charge in [0.15, 0.2) is 0 Å². The summed E-state index contributed by atoms with van der Waals surface area (Å²) in [7, 11) is 0. The lowest BCUT2D eigenvalue weighted by atomic mass is 10.0. The molecule has 0 aliphatic carbocycles. The van der Waals surface area contributed by atoms with Crippen molar-refractivity contribution < 1.29 is 4.74 Å². The summed E-state index contributed by atoms with van der Waals surface area (Å²) in [5.74, 6) is 0. The van der Waals surface area contributed by atoms with Gasteiger partial charge in [0.1, 0.15) is 5.72 Å². The van der Waals surface area contributed by atoms with E-state index in [1.54, 1.807) is 0 Å². The van der Waals surface area contributed by atoms with Gasteiger partial charge >= 0.3 is 0 Å². The molecule has 1 aromatic carbocycles. The molecule has 0 radical (unpaired) electrons. The lowest BCUT2D eigenvalue weighted by molar-refractivity contribution is 0.00218. The fraction of sp³-hybridized carbons (Fsp3) is 0.500. The predicted molar refractivity (Wildman–Crippen MR) is 64.7 cm³/mol. The van der Waals surface area contributed by atoms with E-state index >= 15 is 0 Å². The fourth-order valence-corrected chi connectivity index (χ4v) is 2.23. The minimum Gasteiger partial charge on any atom is -0.355 e. The Balaban J connectivity index is 2.27. The molecule has 0 spiro atoms. The van der Waals surface area contributed by atoms with Crippen LogP contribution in [0.25, 0.3) is 0 Å². The Bertz CT molecular complexity index is 360. The summed E-state index contributed by atoms with van der Waals surface area (Å²) in [6, 6.07) is 8.24. The molecular weight excluding hydrogens is 254 g/mol. The van der Waals surface area contributed by atoms with Gasteiger partial charge in [0.2, 0.25) is 0 Å². The van der Waals surface area contributed by atoms with Crippen molar-refractivity contribution in [1.29, 1.82) is 0 Å². The van der Waals surface area contributed by atoms with E-state index in [0.29, 0.717) is 0 Å². The molecule has 1 N–H and O–H groups in total. The van der Waals surface area contributed by atoms with Crippen molar-refractivity contribution in [2.75, 3.05) is 6.61 Å². The number of ether oxygens (including phenoxy) is 1. The second-order valence-electron chi connectivity index (χ2n) is 4.84. The Morgan fingerprint density at radius 3 is 2.27 bits per heavy atom. The molecule has 0 saturated carbocycles. The summed E-state index contributed by atoms with van der Waals surface area (Å²) < 4.78 is 6.95. The van der Waals surface area contributed by atoms with Crippen LogP contribution in [0, 0.1) is 0 Å². The Morgan fingerprint density at radius 2 is 1.80 bits per heavy atom. The van der Waals surface area contributed by atoms with Gasteiger partial charge in [0.25, 0.3) is 0 Å². The van der Waals surface area contributed by atoms with Crippen molar-refractivity contribution in [3.8, 4) is 0 Å². The third kappa shape index (κ3) is 2.25. The number of hydrogen-bond donors (Lipinski definition) is 1.